The molecule has 1 aromatic carbocycles. The number of amides is 2. The number of hydrogen-bond acceptors (Lipinski definition) is 4. The van der Waals surface area contributed by atoms with Gasteiger partial charge in [0, 0.05) is 23.3 Å². The van der Waals surface area contributed by atoms with Gasteiger partial charge in [-0.15, -0.1) is 0 Å². The first kappa shape index (κ1) is 12.5. The van der Waals surface area contributed by atoms with Gasteiger partial charge in [0.05, 0.1) is 16.7 Å². The minimum absolute atomic E-state index is 0. The van der Waals surface area contributed by atoms with E-state index < -0.39 is 16.7 Å². The zero-order valence-corrected chi connectivity index (χ0v) is 10.9. The van der Waals surface area contributed by atoms with Crippen LogP contribution in [-0.2, 0) is 0 Å². The van der Waals surface area contributed by atoms with E-state index in [-0.39, 0.29) is 68.2 Å². The number of carbonyl (C=O) groups excluding carboxylic acids is 2. The second-order valence-corrected chi connectivity index (χ2v) is 2.71. The van der Waals surface area contributed by atoms with E-state index in [0.717, 1.165) is 6.07 Å². The number of benzene rings is 1. The Balaban J connectivity index is 0.00000112. The van der Waals surface area contributed by atoms with Gasteiger partial charge >= 0.3 is 51.4 Å². The van der Waals surface area contributed by atoms with Gasteiger partial charge in [-0.25, -0.2) is 0 Å². The van der Waals surface area contributed by atoms with Crippen LogP contribution in [0.5, 0.6) is 0 Å². The van der Waals surface area contributed by atoms with Crippen molar-refractivity contribution in [2.45, 2.75) is 0 Å². The standard InChI is InChI=1S/C8H4N2O4.K/c11-7-5-2-1-4(10(13)14)3-6(5)8(12)9-7;/h1-3H,(H,9,11,12);/q;+1/p-1. The largest absolute Gasteiger partial charge is 1.00 e. The van der Waals surface area contributed by atoms with E-state index >= 15 is 0 Å². The first-order chi connectivity index (χ1) is 6.59. The third-order valence-electron chi connectivity index (χ3n) is 1.88. The Bertz CT molecular complexity index is 472. The van der Waals surface area contributed by atoms with Crippen LogP contribution in [-0.4, -0.2) is 16.7 Å². The monoisotopic (exact) mass is 230 g/mol. The van der Waals surface area contributed by atoms with Gasteiger partial charge in [-0.3, -0.25) is 10.1 Å². The maximum atomic E-state index is 11.0. The summed E-state index contributed by atoms with van der Waals surface area (Å²) in [5.74, 6) is -1.35. The van der Waals surface area contributed by atoms with Gasteiger partial charge < -0.3 is 14.9 Å². The molecule has 0 aliphatic carbocycles. The van der Waals surface area contributed by atoms with Gasteiger partial charge in [-0.2, -0.15) is 0 Å². The van der Waals surface area contributed by atoms with Crippen molar-refractivity contribution >= 4 is 17.5 Å². The quantitative estimate of drug-likeness (QED) is 0.248. The van der Waals surface area contributed by atoms with Crippen molar-refractivity contribution in [1.29, 1.82) is 0 Å². The van der Waals surface area contributed by atoms with Crippen LogP contribution < -0.4 is 51.4 Å². The van der Waals surface area contributed by atoms with Gasteiger partial charge in [0.2, 0.25) is 0 Å². The number of rotatable bonds is 1. The predicted molar refractivity (Wildman–Crippen MR) is 45.1 cm³/mol. The normalized spacial score (nSPS) is 12.8. The molecule has 1 heterocycles. The van der Waals surface area contributed by atoms with Crippen LogP contribution in [0.25, 0.3) is 5.32 Å². The van der Waals surface area contributed by atoms with Crippen LogP contribution in [0, 0.1) is 10.1 Å². The summed E-state index contributed by atoms with van der Waals surface area (Å²) in [4.78, 5) is 31.8. The van der Waals surface area contributed by atoms with E-state index in [0.29, 0.717) is 0 Å². The molecule has 0 N–H and O–H groups in total. The second kappa shape index (κ2) is 4.50. The van der Waals surface area contributed by atoms with Crippen molar-refractivity contribution in [2.24, 2.45) is 0 Å². The number of imide groups is 1. The molecule has 2 amide bonds. The number of nitro benzene ring substituents is 1. The van der Waals surface area contributed by atoms with Crippen molar-refractivity contribution in [3.63, 3.8) is 0 Å². The molecule has 1 aromatic rings. The number of nitro groups is 1. The number of non-ortho nitro benzene ring substituents is 1. The fraction of sp³-hybridized carbons (Fsp3) is 0. The summed E-state index contributed by atoms with van der Waals surface area (Å²) in [6.07, 6.45) is 0. The molecule has 0 aromatic heterocycles. The summed E-state index contributed by atoms with van der Waals surface area (Å²) in [6.45, 7) is 0. The van der Waals surface area contributed by atoms with Crippen molar-refractivity contribution < 1.29 is 65.9 Å². The second-order valence-electron chi connectivity index (χ2n) is 2.71. The van der Waals surface area contributed by atoms with Gasteiger partial charge in [-0.1, -0.05) is 0 Å². The summed E-state index contributed by atoms with van der Waals surface area (Å²) in [6, 6.07) is 3.47. The molecule has 7 heteroatoms. The van der Waals surface area contributed by atoms with Crippen LogP contribution in [0.15, 0.2) is 18.2 Å². The summed E-state index contributed by atoms with van der Waals surface area (Å²) >= 11 is 0. The molecule has 0 atom stereocenters. The number of fused-ring (bicyclic) bond motifs is 1. The number of nitrogens with zero attached hydrogens (tertiary/aromatic N) is 2. The van der Waals surface area contributed by atoms with Crippen molar-refractivity contribution in [1.82, 2.24) is 0 Å². The van der Waals surface area contributed by atoms with E-state index in [4.69, 9.17) is 0 Å². The van der Waals surface area contributed by atoms with Crippen molar-refractivity contribution in [2.75, 3.05) is 0 Å². The average Bonchev–Trinajstić information content (AvgIpc) is 2.42. The Hall–Kier alpha value is -0.604. The van der Waals surface area contributed by atoms with Gasteiger partial charge in [0.25, 0.3) is 5.69 Å². The van der Waals surface area contributed by atoms with E-state index in [1.807, 2.05) is 0 Å². The minimum Gasteiger partial charge on any atom is -0.587 e. The molecule has 0 fully saturated rings. The predicted octanol–water partition coefficient (Wildman–Crippen LogP) is -1.73. The molecule has 0 saturated heterocycles. The van der Waals surface area contributed by atoms with E-state index in [1.165, 1.54) is 12.1 Å². The molecular weight excluding hydrogens is 227 g/mol. The van der Waals surface area contributed by atoms with E-state index in [9.17, 15) is 19.7 Å². The third-order valence-corrected chi connectivity index (χ3v) is 1.88. The molecule has 6 nitrogen and oxygen atoms in total. The van der Waals surface area contributed by atoms with Crippen molar-refractivity contribution in [3.05, 3.63) is 44.8 Å². The molecule has 0 radical (unpaired) electrons. The third kappa shape index (κ3) is 2.16. The molecule has 2 rings (SSSR count). The first-order valence-corrected chi connectivity index (χ1v) is 3.68. The number of carbonyl (C=O) groups is 2. The van der Waals surface area contributed by atoms with Gasteiger partial charge in [-0.05, 0) is 6.07 Å². The van der Waals surface area contributed by atoms with Crippen molar-refractivity contribution in [3.8, 4) is 0 Å². The zero-order chi connectivity index (χ0) is 10.3. The summed E-state index contributed by atoms with van der Waals surface area (Å²) in [7, 11) is 0. The molecule has 0 saturated carbocycles. The molecule has 0 spiro atoms. The number of hydrogen-bond donors (Lipinski definition) is 0. The molecule has 15 heavy (non-hydrogen) atoms. The Morgan fingerprint density at radius 1 is 1.13 bits per heavy atom. The first-order valence-electron chi connectivity index (χ1n) is 3.68. The summed E-state index contributed by atoms with van der Waals surface area (Å²) in [5.41, 5.74) is -0.0909. The molecule has 1 aliphatic heterocycles. The molecule has 70 valence electrons. The van der Waals surface area contributed by atoms with Crippen LogP contribution in [0.1, 0.15) is 20.7 Å². The molecular formula is C8H3KN2O4. The fourth-order valence-electron chi connectivity index (χ4n) is 1.22. The fourth-order valence-corrected chi connectivity index (χ4v) is 1.22. The smallest absolute Gasteiger partial charge is 0.587 e. The van der Waals surface area contributed by atoms with Gasteiger partial charge in [0.1, 0.15) is 0 Å². The molecule has 1 aliphatic rings. The Morgan fingerprint density at radius 2 is 1.73 bits per heavy atom. The average molecular weight is 230 g/mol. The van der Waals surface area contributed by atoms with Crippen LogP contribution in [0.3, 0.4) is 0 Å². The van der Waals surface area contributed by atoms with E-state index in [2.05, 4.69) is 5.32 Å². The minimum atomic E-state index is -0.714. The Labute approximate surface area is 127 Å². The summed E-state index contributed by atoms with van der Waals surface area (Å²) < 4.78 is 0. The molecule has 0 bridgehead atoms. The SMILES string of the molecule is O=C1[N-]C(=O)c2cc([N+](=O)[O-])ccc21.[K+]. The Morgan fingerprint density at radius 3 is 2.33 bits per heavy atom. The molecule has 0 unspecified atom stereocenters. The maximum absolute atomic E-state index is 11.0. The topological polar surface area (TPSA) is 91.4 Å². The van der Waals surface area contributed by atoms with Crippen LogP contribution in [0.4, 0.5) is 5.69 Å². The zero-order valence-electron chi connectivity index (χ0n) is 7.76. The van der Waals surface area contributed by atoms with Crippen LogP contribution >= 0.6 is 0 Å². The van der Waals surface area contributed by atoms with E-state index in [1.54, 1.807) is 0 Å². The summed E-state index contributed by atoms with van der Waals surface area (Å²) in [5, 5.41) is 13.5. The van der Waals surface area contributed by atoms with Gasteiger partial charge in [0.15, 0.2) is 0 Å². The van der Waals surface area contributed by atoms with Crippen LogP contribution in [0.2, 0.25) is 0 Å². The maximum Gasteiger partial charge on any atom is 1.00 e. The Kier molecular flexibility index (Phi) is 3.74.